The lowest BCUT2D eigenvalue weighted by Crippen LogP contribution is -2.09. The fourth-order valence-corrected chi connectivity index (χ4v) is 9.13. The summed E-state index contributed by atoms with van der Waals surface area (Å²) in [7, 11) is 0. The molecule has 1 N–H and O–H groups in total. The van der Waals surface area contributed by atoms with Crippen LogP contribution in [-0.4, -0.2) is 4.98 Å². The molecule has 0 aliphatic rings. The van der Waals surface area contributed by atoms with E-state index in [1.807, 2.05) is 23.6 Å². The lowest BCUT2D eigenvalue weighted by molar-refractivity contribution is 0.669. The molecule has 0 atom stereocenters. The van der Waals surface area contributed by atoms with Gasteiger partial charge in [0.25, 0.3) is 0 Å². The molecule has 52 heavy (non-hydrogen) atoms. The number of aromatic nitrogens is 1. The molecule has 0 aliphatic heterocycles. The summed E-state index contributed by atoms with van der Waals surface area (Å²) in [6.45, 7) is 0. The van der Waals surface area contributed by atoms with E-state index in [0.717, 1.165) is 61.4 Å². The number of nitrogens with one attached hydrogen (secondary N) is 1. The maximum Gasteiger partial charge on any atom is 0.136 e. The highest BCUT2D eigenvalue weighted by atomic mass is 32.1. The highest BCUT2D eigenvalue weighted by Crippen LogP contribution is 2.45. The second-order valence-electron chi connectivity index (χ2n) is 13.4. The molecule has 0 spiro atoms. The van der Waals surface area contributed by atoms with Gasteiger partial charge in [-0.3, -0.25) is 0 Å². The Bertz CT molecular complexity index is 3130. The Morgan fingerprint density at radius 3 is 2.04 bits per heavy atom. The van der Waals surface area contributed by atoms with Crippen molar-refractivity contribution in [2.45, 2.75) is 0 Å². The number of benzene rings is 8. The summed E-state index contributed by atoms with van der Waals surface area (Å²) in [5.74, 6) is 0. The quantitative estimate of drug-likeness (QED) is 0.196. The molecular formula is C48H30N2OS. The average molecular weight is 683 g/mol. The van der Waals surface area contributed by atoms with Crippen molar-refractivity contribution in [1.82, 2.24) is 4.98 Å². The van der Waals surface area contributed by atoms with E-state index >= 15 is 0 Å². The maximum absolute atomic E-state index is 6.61. The molecule has 0 bridgehead atoms. The van der Waals surface area contributed by atoms with Crippen LogP contribution in [0.1, 0.15) is 0 Å². The van der Waals surface area contributed by atoms with Gasteiger partial charge in [-0.15, -0.1) is 11.3 Å². The molecule has 0 amide bonds. The Morgan fingerprint density at radius 2 is 1.17 bits per heavy atom. The van der Waals surface area contributed by atoms with Gasteiger partial charge in [-0.25, -0.2) is 0 Å². The number of hydrogen-bond donors (Lipinski definition) is 1. The fourth-order valence-electron chi connectivity index (χ4n) is 8.05. The molecule has 4 heteroatoms. The smallest absolute Gasteiger partial charge is 0.136 e. The van der Waals surface area contributed by atoms with E-state index in [2.05, 4.69) is 174 Å². The summed E-state index contributed by atoms with van der Waals surface area (Å²) in [6.07, 6.45) is 1.97. The number of aromatic amines is 1. The van der Waals surface area contributed by atoms with Crippen LogP contribution in [0.4, 0.5) is 17.1 Å². The molecule has 0 saturated heterocycles. The van der Waals surface area contributed by atoms with Crippen molar-refractivity contribution < 1.29 is 4.42 Å². The molecule has 3 nitrogen and oxygen atoms in total. The number of H-pyrrole nitrogens is 1. The van der Waals surface area contributed by atoms with Crippen molar-refractivity contribution in [2.75, 3.05) is 4.90 Å². The summed E-state index contributed by atoms with van der Waals surface area (Å²) < 4.78 is 9.22. The molecule has 8 aromatic carbocycles. The van der Waals surface area contributed by atoms with Crippen LogP contribution in [0, 0.1) is 0 Å². The molecule has 3 aromatic heterocycles. The molecule has 244 valence electrons. The molecule has 0 unspecified atom stereocenters. The molecule has 11 rings (SSSR count). The predicted molar refractivity (Wildman–Crippen MR) is 222 cm³/mol. The van der Waals surface area contributed by atoms with Crippen LogP contribution >= 0.6 is 11.3 Å². The number of hydrogen-bond acceptors (Lipinski definition) is 3. The van der Waals surface area contributed by atoms with Crippen molar-refractivity contribution in [1.29, 1.82) is 0 Å². The minimum absolute atomic E-state index is 0.890. The lowest BCUT2D eigenvalue weighted by atomic mass is 9.93. The Morgan fingerprint density at radius 1 is 0.442 bits per heavy atom. The van der Waals surface area contributed by atoms with Crippen molar-refractivity contribution in [3.05, 3.63) is 176 Å². The van der Waals surface area contributed by atoms with Gasteiger partial charge in [-0.05, 0) is 105 Å². The number of furan rings is 1. The predicted octanol–water partition coefficient (Wildman–Crippen LogP) is 14.4. The van der Waals surface area contributed by atoms with Crippen molar-refractivity contribution >= 4 is 92.1 Å². The van der Waals surface area contributed by atoms with E-state index in [1.165, 1.54) is 41.7 Å². The topological polar surface area (TPSA) is 32.2 Å². The third-order valence-corrected chi connectivity index (χ3v) is 11.6. The number of nitrogens with zero attached hydrogens (tertiary/aromatic N) is 1. The number of thiophene rings is 1. The minimum atomic E-state index is 0.890. The molecule has 0 saturated carbocycles. The molecule has 0 fully saturated rings. The van der Waals surface area contributed by atoms with E-state index < -0.39 is 0 Å². The van der Waals surface area contributed by atoms with Crippen LogP contribution in [-0.2, 0) is 0 Å². The molecule has 0 aliphatic carbocycles. The van der Waals surface area contributed by atoms with Gasteiger partial charge in [0.2, 0.25) is 0 Å². The Labute approximate surface area is 303 Å². The van der Waals surface area contributed by atoms with Crippen molar-refractivity contribution in [3.63, 3.8) is 0 Å². The minimum Gasteiger partial charge on any atom is -0.456 e. The van der Waals surface area contributed by atoms with Gasteiger partial charge in [0.15, 0.2) is 0 Å². The van der Waals surface area contributed by atoms with Crippen LogP contribution < -0.4 is 4.90 Å². The summed E-state index contributed by atoms with van der Waals surface area (Å²) in [5, 5.41) is 9.70. The van der Waals surface area contributed by atoms with Gasteiger partial charge < -0.3 is 14.3 Å². The summed E-state index contributed by atoms with van der Waals surface area (Å²) in [4.78, 5) is 5.78. The van der Waals surface area contributed by atoms with Crippen molar-refractivity contribution in [3.8, 4) is 22.4 Å². The van der Waals surface area contributed by atoms with Gasteiger partial charge in [0.05, 0.1) is 0 Å². The second kappa shape index (κ2) is 11.5. The van der Waals surface area contributed by atoms with E-state index in [-0.39, 0.29) is 0 Å². The van der Waals surface area contributed by atoms with Crippen LogP contribution in [0.2, 0.25) is 0 Å². The van der Waals surface area contributed by atoms with Crippen LogP contribution in [0.3, 0.4) is 0 Å². The first-order chi connectivity index (χ1) is 25.8. The largest absolute Gasteiger partial charge is 0.456 e. The first-order valence-electron chi connectivity index (χ1n) is 17.6. The van der Waals surface area contributed by atoms with Gasteiger partial charge in [-0.2, -0.15) is 0 Å². The maximum atomic E-state index is 6.61. The van der Waals surface area contributed by atoms with Gasteiger partial charge in [0, 0.05) is 65.5 Å². The zero-order chi connectivity index (χ0) is 34.2. The third-order valence-electron chi connectivity index (χ3n) is 10.4. The highest BCUT2D eigenvalue weighted by molar-refractivity contribution is 7.25. The summed E-state index contributed by atoms with van der Waals surface area (Å²) >= 11 is 1.85. The third kappa shape index (κ3) is 4.51. The van der Waals surface area contributed by atoms with E-state index in [0.29, 0.717) is 0 Å². The van der Waals surface area contributed by atoms with Gasteiger partial charge in [-0.1, -0.05) is 97.1 Å². The molecule has 11 aromatic rings. The monoisotopic (exact) mass is 682 g/mol. The van der Waals surface area contributed by atoms with E-state index in [9.17, 15) is 0 Å². The second-order valence-corrected chi connectivity index (χ2v) is 14.5. The zero-order valence-electron chi connectivity index (χ0n) is 28.0. The molecule has 3 heterocycles. The number of fused-ring (bicyclic) bond motifs is 9. The SMILES string of the molecule is c1c[nH]c(-c2cccc3oc4cc(-c5ccc(N(c6ccc7ccccc7c6)c6ccc7sc8ccccc8c7c6)cc5)c5ccccc5c4c23)c1. The van der Waals surface area contributed by atoms with Crippen molar-refractivity contribution in [2.24, 2.45) is 0 Å². The molecule has 0 radical (unpaired) electrons. The Kier molecular flexibility index (Phi) is 6.42. The van der Waals surface area contributed by atoms with Crippen LogP contribution in [0.25, 0.3) is 86.0 Å². The Balaban J connectivity index is 1.08. The average Bonchev–Trinajstić information content (AvgIpc) is 3.96. The van der Waals surface area contributed by atoms with Crippen LogP contribution in [0.15, 0.2) is 180 Å². The number of rotatable bonds is 5. The summed E-state index contributed by atoms with van der Waals surface area (Å²) in [5.41, 5.74) is 9.65. The normalized spacial score (nSPS) is 11.8. The lowest BCUT2D eigenvalue weighted by Gasteiger charge is -2.26. The van der Waals surface area contributed by atoms with Gasteiger partial charge in [0.1, 0.15) is 11.2 Å². The Hall–Kier alpha value is -6.62. The first kappa shape index (κ1) is 29.1. The van der Waals surface area contributed by atoms with E-state index in [1.54, 1.807) is 0 Å². The first-order valence-corrected chi connectivity index (χ1v) is 18.4. The highest BCUT2D eigenvalue weighted by Gasteiger charge is 2.20. The standard InChI is InChI=1S/C48H30N2OS/c1-2-10-32-27-34(23-18-30(32)9-1)50(35-24-25-46-41(28-35)37-12-5-6-17-45(37)52-46)33-21-19-31(20-22-33)40-29-44-47(38-13-4-3-11-36(38)40)48-39(42-15-8-26-49-42)14-7-16-43(48)51-44/h1-29,49H. The van der Waals surface area contributed by atoms with Crippen LogP contribution in [0.5, 0.6) is 0 Å². The van der Waals surface area contributed by atoms with E-state index in [4.69, 9.17) is 4.42 Å². The summed E-state index contributed by atoms with van der Waals surface area (Å²) in [6, 6.07) is 61.3. The fraction of sp³-hybridized carbons (Fsp3) is 0. The molecular weight excluding hydrogens is 653 g/mol. The zero-order valence-corrected chi connectivity index (χ0v) is 28.8. The van der Waals surface area contributed by atoms with Gasteiger partial charge >= 0.3 is 0 Å². The number of anilines is 3.